The summed E-state index contributed by atoms with van der Waals surface area (Å²) in [6.45, 7) is 7.87. The number of carbonyl (C=O) groups excluding carboxylic acids is 2. The van der Waals surface area contributed by atoms with Crippen molar-refractivity contribution in [2.24, 2.45) is 5.92 Å². The number of benzene rings is 1. The Labute approximate surface area is 165 Å². The number of hydrogen-bond acceptors (Lipinski definition) is 4. The molecule has 0 saturated heterocycles. The van der Waals surface area contributed by atoms with E-state index in [9.17, 15) is 9.59 Å². The van der Waals surface area contributed by atoms with Gasteiger partial charge in [-0.25, -0.2) is 9.78 Å². The lowest BCUT2D eigenvalue weighted by Crippen LogP contribution is -2.43. The molecule has 28 heavy (non-hydrogen) atoms. The van der Waals surface area contributed by atoms with Gasteiger partial charge in [0.05, 0.1) is 12.0 Å². The molecule has 1 N–H and O–H groups in total. The van der Waals surface area contributed by atoms with Crippen molar-refractivity contribution in [3.05, 3.63) is 59.8 Å². The van der Waals surface area contributed by atoms with E-state index in [1.165, 1.54) is 0 Å². The average Bonchev–Trinajstić information content (AvgIpc) is 3.08. The van der Waals surface area contributed by atoms with Crippen LogP contribution in [0, 0.1) is 5.92 Å². The molecule has 0 radical (unpaired) electrons. The van der Waals surface area contributed by atoms with Crippen LogP contribution in [0.1, 0.15) is 44.9 Å². The van der Waals surface area contributed by atoms with Crippen LogP contribution in [0.5, 0.6) is 0 Å². The number of fused-ring (bicyclic) bond motifs is 1. The number of carbonyl (C=O) groups is 2. The first-order valence-electron chi connectivity index (χ1n) is 9.56. The molecule has 1 aromatic heterocycles. The summed E-state index contributed by atoms with van der Waals surface area (Å²) >= 11 is 0. The van der Waals surface area contributed by atoms with E-state index in [0.29, 0.717) is 12.4 Å². The van der Waals surface area contributed by atoms with Gasteiger partial charge in [-0.15, -0.1) is 0 Å². The van der Waals surface area contributed by atoms with Crippen LogP contribution in [0.4, 0.5) is 10.6 Å². The molecule has 2 atom stereocenters. The van der Waals surface area contributed by atoms with E-state index in [2.05, 4.69) is 10.3 Å². The second kappa shape index (κ2) is 8.00. The normalized spacial score (nSPS) is 15.5. The van der Waals surface area contributed by atoms with Crippen molar-refractivity contribution in [3.8, 4) is 0 Å². The van der Waals surface area contributed by atoms with Gasteiger partial charge < -0.3 is 10.1 Å². The summed E-state index contributed by atoms with van der Waals surface area (Å²) in [7, 11) is 0. The van der Waals surface area contributed by atoms with E-state index in [4.69, 9.17) is 4.74 Å². The summed E-state index contributed by atoms with van der Waals surface area (Å²) < 4.78 is 5.41. The van der Waals surface area contributed by atoms with Crippen molar-refractivity contribution in [2.45, 2.75) is 45.8 Å². The highest BCUT2D eigenvalue weighted by Gasteiger charge is 2.35. The lowest BCUT2D eigenvalue weighted by Gasteiger charge is -2.29. The first-order chi connectivity index (χ1) is 13.3. The van der Waals surface area contributed by atoms with E-state index in [1.54, 1.807) is 11.1 Å². The van der Waals surface area contributed by atoms with Gasteiger partial charge in [-0.2, -0.15) is 0 Å². The molecule has 148 valence electrons. The van der Waals surface area contributed by atoms with Gasteiger partial charge in [0.1, 0.15) is 11.4 Å². The second-order valence-corrected chi connectivity index (χ2v) is 8.05. The lowest BCUT2D eigenvalue weighted by molar-refractivity contribution is -0.122. The Hall–Kier alpha value is -2.89. The molecule has 0 fully saturated rings. The molecule has 0 unspecified atom stereocenters. The zero-order chi connectivity index (χ0) is 20.3. The minimum absolute atomic E-state index is 0.0673. The first kappa shape index (κ1) is 19.9. The van der Waals surface area contributed by atoms with Gasteiger partial charge in [-0.3, -0.25) is 9.69 Å². The molecule has 2 amide bonds. The Morgan fingerprint density at radius 3 is 2.54 bits per heavy atom. The van der Waals surface area contributed by atoms with Crippen LogP contribution in [0.3, 0.4) is 0 Å². The third-order valence-electron chi connectivity index (χ3n) is 4.71. The van der Waals surface area contributed by atoms with Crippen LogP contribution < -0.4 is 10.2 Å². The van der Waals surface area contributed by atoms with Gasteiger partial charge in [0.15, 0.2) is 0 Å². The average molecular weight is 381 g/mol. The van der Waals surface area contributed by atoms with E-state index in [1.807, 2.05) is 70.2 Å². The zero-order valence-corrected chi connectivity index (χ0v) is 16.8. The third kappa shape index (κ3) is 4.50. The fourth-order valence-corrected chi connectivity index (χ4v) is 3.40. The van der Waals surface area contributed by atoms with Gasteiger partial charge in [-0.05, 0) is 44.4 Å². The summed E-state index contributed by atoms with van der Waals surface area (Å²) in [5.74, 6) is 0.161. The molecule has 6 nitrogen and oxygen atoms in total. The third-order valence-corrected chi connectivity index (χ3v) is 4.71. The van der Waals surface area contributed by atoms with Crippen LogP contribution in [-0.2, 0) is 16.0 Å². The molecule has 1 aromatic carbocycles. The molecular formula is C22H27N3O3. The van der Waals surface area contributed by atoms with Crippen molar-refractivity contribution in [1.82, 2.24) is 10.3 Å². The standard InChI is InChI=1S/C22H27N3O3/c1-15(20(26)25-14-12-17-11-8-13-23-19(17)25)18(16-9-6-5-7-10-16)24-21(27)28-22(2,3)4/h5-11,13,15,18H,12,14H2,1-4H3,(H,24,27)/t15-,18-/m1/s1. The van der Waals surface area contributed by atoms with Crippen LogP contribution in [0.2, 0.25) is 0 Å². The Balaban J connectivity index is 1.83. The van der Waals surface area contributed by atoms with E-state index < -0.39 is 23.7 Å². The quantitative estimate of drug-likeness (QED) is 0.873. The smallest absolute Gasteiger partial charge is 0.408 e. The topological polar surface area (TPSA) is 71.5 Å². The fourth-order valence-electron chi connectivity index (χ4n) is 3.40. The number of nitrogens with one attached hydrogen (secondary N) is 1. The molecule has 1 aliphatic rings. The first-order valence-corrected chi connectivity index (χ1v) is 9.56. The van der Waals surface area contributed by atoms with E-state index in [-0.39, 0.29) is 5.91 Å². The van der Waals surface area contributed by atoms with Gasteiger partial charge in [0.2, 0.25) is 5.91 Å². The molecule has 2 aromatic rings. The number of alkyl carbamates (subject to hydrolysis) is 1. The van der Waals surface area contributed by atoms with Crippen LogP contribution in [0.25, 0.3) is 0 Å². The number of pyridine rings is 1. The maximum Gasteiger partial charge on any atom is 0.408 e. The van der Waals surface area contributed by atoms with Crippen molar-refractivity contribution >= 4 is 17.8 Å². The van der Waals surface area contributed by atoms with Crippen molar-refractivity contribution in [1.29, 1.82) is 0 Å². The highest BCUT2D eigenvalue weighted by atomic mass is 16.6. The molecule has 0 bridgehead atoms. The maximum absolute atomic E-state index is 13.3. The molecule has 3 rings (SSSR count). The molecular weight excluding hydrogens is 354 g/mol. The van der Waals surface area contributed by atoms with Gasteiger partial charge in [0, 0.05) is 12.7 Å². The van der Waals surface area contributed by atoms with E-state index >= 15 is 0 Å². The van der Waals surface area contributed by atoms with Crippen LogP contribution >= 0.6 is 0 Å². The number of hydrogen-bond donors (Lipinski definition) is 1. The van der Waals surface area contributed by atoms with Crippen molar-refractivity contribution < 1.29 is 14.3 Å². The Morgan fingerprint density at radius 2 is 1.86 bits per heavy atom. The summed E-state index contributed by atoms with van der Waals surface area (Å²) in [5, 5.41) is 2.89. The highest BCUT2D eigenvalue weighted by molar-refractivity contribution is 5.96. The van der Waals surface area contributed by atoms with Crippen molar-refractivity contribution in [3.63, 3.8) is 0 Å². The van der Waals surface area contributed by atoms with Gasteiger partial charge >= 0.3 is 6.09 Å². The van der Waals surface area contributed by atoms with Gasteiger partial charge in [-0.1, -0.05) is 43.3 Å². The fraction of sp³-hybridized carbons (Fsp3) is 0.409. The number of ether oxygens (including phenoxy) is 1. The molecule has 2 heterocycles. The molecule has 6 heteroatoms. The molecule has 0 saturated carbocycles. The lowest BCUT2D eigenvalue weighted by atomic mass is 9.93. The predicted molar refractivity (Wildman–Crippen MR) is 108 cm³/mol. The Bertz CT molecular complexity index is 846. The molecule has 0 spiro atoms. The minimum atomic E-state index is -0.615. The summed E-state index contributed by atoms with van der Waals surface area (Å²) in [6.07, 6.45) is 1.95. The molecule has 1 aliphatic heterocycles. The summed E-state index contributed by atoms with van der Waals surface area (Å²) in [6, 6.07) is 12.9. The number of nitrogens with zero attached hydrogens (tertiary/aromatic N) is 2. The van der Waals surface area contributed by atoms with Crippen LogP contribution in [-0.4, -0.2) is 29.1 Å². The maximum atomic E-state index is 13.3. The van der Waals surface area contributed by atoms with Crippen LogP contribution in [0.15, 0.2) is 48.7 Å². The predicted octanol–water partition coefficient (Wildman–Crippen LogP) is 3.87. The van der Waals surface area contributed by atoms with E-state index in [0.717, 1.165) is 17.5 Å². The molecule has 0 aliphatic carbocycles. The monoisotopic (exact) mass is 381 g/mol. The Kier molecular flexibility index (Phi) is 5.68. The number of rotatable bonds is 4. The van der Waals surface area contributed by atoms with Gasteiger partial charge in [0.25, 0.3) is 0 Å². The highest BCUT2D eigenvalue weighted by Crippen LogP contribution is 2.30. The number of amides is 2. The number of anilines is 1. The summed E-state index contributed by atoms with van der Waals surface area (Å²) in [5.41, 5.74) is 1.31. The SMILES string of the molecule is C[C@@H](C(=O)N1CCc2cccnc21)[C@@H](NC(=O)OC(C)(C)C)c1ccccc1. The van der Waals surface area contributed by atoms with Crippen molar-refractivity contribution in [2.75, 3.05) is 11.4 Å². The largest absolute Gasteiger partial charge is 0.444 e. The number of aromatic nitrogens is 1. The Morgan fingerprint density at radius 1 is 1.14 bits per heavy atom. The zero-order valence-electron chi connectivity index (χ0n) is 16.8. The minimum Gasteiger partial charge on any atom is -0.444 e. The second-order valence-electron chi connectivity index (χ2n) is 8.05. The summed E-state index contributed by atoms with van der Waals surface area (Å²) in [4.78, 5) is 31.8.